The van der Waals surface area contributed by atoms with E-state index in [-0.39, 0.29) is 0 Å². The Morgan fingerprint density at radius 1 is 1.40 bits per heavy atom. The van der Waals surface area contributed by atoms with E-state index in [4.69, 9.17) is 4.74 Å². The van der Waals surface area contributed by atoms with Gasteiger partial charge in [0.05, 0.1) is 5.56 Å². The molecule has 1 atom stereocenters. The Balaban J connectivity index is 1.66. The maximum Gasteiger partial charge on any atom is 0.144 e. The number of pyridine rings is 1. The number of nitriles is 1. The highest BCUT2D eigenvalue weighted by Crippen LogP contribution is 2.24. The molecule has 1 unspecified atom stereocenters. The molecule has 20 heavy (non-hydrogen) atoms. The smallest absolute Gasteiger partial charge is 0.144 e. The number of ether oxygens (including phenoxy) is 1. The van der Waals surface area contributed by atoms with Crippen LogP contribution in [0.4, 0.5) is 5.82 Å². The van der Waals surface area contributed by atoms with Crippen LogP contribution < -0.4 is 5.32 Å². The summed E-state index contributed by atoms with van der Waals surface area (Å²) in [7, 11) is 0. The van der Waals surface area contributed by atoms with Crippen LogP contribution in [-0.2, 0) is 17.6 Å². The second-order valence-corrected chi connectivity index (χ2v) is 5.75. The minimum absolute atomic E-state index is 0.658. The maximum atomic E-state index is 9.28. The molecule has 1 fully saturated rings. The van der Waals surface area contributed by atoms with Crippen molar-refractivity contribution in [3.05, 3.63) is 22.9 Å². The monoisotopic (exact) mass is 271 g/mol. The molecular weight excluding hydrogens is 250 g/mol. The van der Waals surface area contributed by atoms with E-state index in [1.807, 2.05) is 6.07 Å². The van der Waals surface area contributed by atoms with Gasteiger partial charge < -0.3 is 10.1 Å². The number of aryl methyl sites for hydroxylation is 2. The molecule has 0 spiro atoms. The standard InChI is InChI=1S/C16H21N3O/c17-10-14-9-13-3-1-2-4-15(13)19-16(14)18-7-5-12-6-8-20-11-12/h9,12H,1-8,11H2,(H,18,19). The molecule has 2 aliphatic rings. The van der Waals surface area contributed by atoms with Gasteiger partial charge in [-0.2, -0.15) is 5.26 Å². The first-order chi connectivity index (χ1) is 9.86. The van der Waals surface area contributed by atoms with Crippen molar-refractivity contribution in [1.29, 1.82) is 5.26 Å². The van der Waals surface area contributed by atoms with Crippen LogP contribution in [0.3, 0.4) is 0 Å². The van der Waals surface area contributed by atoms with Crippen LogP contribution >= 0.6 is 0 Å². The largest absolute Gasteiger partial charge is 0.381 e. The Bertz CT molecular complexity index is 515. The molecule has 1 N–H and O–H groups in total. The molecule has 0 radical (unpaired) electrons. The number of hydrogen-bond donors (Lipinski definition) is 1. The summed E-state index contributed by atoms with van der Waals surface area (Å²) < 4.78 is 5.38. The van der Waals surface area contributed by atoms with Gasteiger partial charge in [-0.25, -0.2) is 4.98 Å². The van der Waals surface area contributed by atoms with E-state index in [9.17, 15) is 5.26 Å². The van der Waals surface area contributed by atoms with Gasteiger partial charge in [0, 0.05) is 25.5 Å². The first-order valence-electron chi connectivity index (χ1n) is 7.61. The molecule has 4 heteroatoms. The van der Waals surface area contributed by atoms with Gasteiger partial charge >= 0.3 is 0 Å². The fourth-order valence-corrected chi connectivity index (χ4v) is 3.06. The molecule has 0 saturated carbocycles. The topological polar surface area (TPSA) is 57.9 Å². The van der Waals surface area contributed by atoms with Gasteiger partial charge in [-0.3, -0.25) is 0 Å². The van der Waals surface area contributed by atoms with E-state index in [1.165, 1.54) is 24.1 Å². The lowest BCUT2D eigenvalue weighted by Crippen LogP contribution is -2.13. The Hall–Kier alpha value is -1.60. The molecule has 3 rings (SSSR count). The predicted octanol–water partition coefficient (Wildman–Crippen LogP) is 2.67. The third kappa shape index (κ3) is 2.94. The highest BCUT2D eigenvalue weighted by Gasteiger charge is 2.17. The molecule has 1 aliphatic carbocycles. The number of hydrogen-bond acceptors (Lipinski definition) is 4. The van der Waals surface area contributed by atoms with Gasteiger partial charge in [0.2, 0.25) is 0 Å². The van der Waals surface area contributed by atoms with Gasteiger partial charge in [-0.15, -0.1) is 0 Å². The summed E-state index contributed by atoms with van der Waals surface area (Å²) in [5.74, 6) is 1.43. The highest BCUT2D eigenvalue weighted by atomic mass is 16.5. The van der Waals surface area contributed by atoms with Crippen molar-refractivity contribution in [2.75, 3.05) is 25.1 Å². The Kier molecular flexibility index (Phi) is 4.17. The normalized spacial score (nSPS) is 21.2. The lowest BCUT2D eigenvalue weighted by atomic mass is 9.95. The van der Waals surface area contributed by atoms with E-state index in [1.54, 1.807) is 0 Å². The minimum atomic E-state index is 0.658. The van der Waals surface area contributed by atoms with Crippen LogP contribution in [0.2, 0.25) is 0 Å². The average molecular weight is 271 g/mol. The zero-order valence-corrected chi connectivity index (χ0v) is 11.8. The van der Waals surface area contributed by atoms with Crippen LogP contribution in [0.15, 0.2) is 6.07 Å². The summed E-state index contributed by atoms with van der Waals surface area (Å²) >= 11 is 0. The number of aromatic nitrogens is 1. The van der Waals surface area contributed by atoms with E-state index in [0.717, 1.165) is 51.3 Å². The quantitative estimate of drug-likeness (QED) is 0.914. The first kappa shape index (κ1) is 13.4. The summed E-state index contributed by atoms with van der Waals surface area (Å²) in [4.78, 5) is 4.68. The van der Waals surface area contributed by atoms with Crippen molar-refractivity contribution in [3.63, 3.8) is 0 Å². The third-order valence-corrected chi connectivity index (χ3v) is 4.29. The number of rotatable bonds is 4. The number of fused-ring (bicyclic) bond motifs is 1. The molecule has 0 bridgehead atoms. The number of nitrogens with one attached hydrogen (secondary N) is 1. The second kappa shape index (κ2) is 6.23. The minimum Gasteiger partial charge on any atom is -0.381 e. The van der Waals surface area contributed by atoms with Crippen LogP contribution in [-0.4, -0.2) is 24.7 Å². The van der Waals surface area contributed by atoms with Gasteiger partial charge in [-0.1, -0.05) is 0 Å². The van der Waals surface area contributed by atoms with E-state index in [2.05, 4.69) is 16.4 Å². The second-order valence-electron chi connectivity index (χ2n) is 5.75. The lowest BCUT2D eigenvalue weighted by Gasteiger charge is -2.17. The van der Waals surface area contributed by atoms with Crippen molar-refractivity contribution >= 4 is 5.82 Å². The van der Waals surface area contributed by atoms with Crippen molar-refractivity contribution in [3.8, 4) is 6.07 Å². The van der Waals surface area contributed by atoms with Crippen molar-refractivity contribution in [1.82, 2.24) is 4.98 Å². The molecule has 1 aromatic rings. The predicted molar refractivity (Wildman–Crippen MR) is 77.6 cm³/mol. The summed E-state index contributed by atoms with van der Waals surface area (Å²) in [5.41, 5.74) is 3.14. The molecule has 1 aromatic heterocycles. The maximum absolute atomic E-state index is 9.28. The average Bonchev–Trinajstić information content (AvgIpc) is 3.00. The molecule has 2 heterocycles. The van der Waals surface area contributed by atoms with E-state index < -0.39 is 0 Å². The highest BCUT2D eigenvalue weighted by molar-refractivity contribution is 5.54. The number of nitrogens with zero attached hydrogens (tertiary/aromatic N) is 2. The third-order valence-electron chi connectivity index (χ3n) is 4.29. The van der Waals surface area contributed by atoms with Crippen molar-refractivity contribution in [2.24, 2.45) is 5.92 Å². The fraction of sp³-hybridized carbons (Fsp3) is 0.625. The number of anilines is 1. The van der Waals surface area contributed by atoms with Gasteiger partial charge in [0.25, 0.3) is 0 Å². The summed E-state index contributed by atoms with van der Waals surface area (Å²) in [6.45, 7) is 2.64. The molecule has 106 valence electrons. The Morgan fingerprint density at radius 3 is 3.10 bits per heavy atom. The Morgan fingerprint density at radius 2 is 2.30 bits per heavy atom. The fourth-order valence-electron chi connectivity index (χ4n) is 3.06. The van der Waals surface area contributed by atoms with Crippen LogP contribution in [0.25, 0.3) is 0 Å². The summed E-state index contributed by atoms with van der Waals surface area (Å²) in [5, 5.41) is 12.6. The molecule has 1 aliphatic heterocycles. The van der Waals surface area contributed by atoms with Crippen LogP contribution in [0.1, 0.15) is 42.5 Å². The SMILES string of the molecule is N#Cc1cc2c(nc1NCCC1CCOC1)CCCC2. The zero-order valence-electron chi connectivity index (χ0n) is 11.8. The Labute approximate surface area is 120 Å². The molecule has 1 saturated heterocycles. The van der Waals surface area contributed by atoms with Crippen LogP contribution in [0.5, 0.6) is 0 Å². The molecule has 0 aromatic carbocycles. The van der Waals surface area contributed by atoms with Crippen molar-refractivity contribution < 1.29 is 4.74 Å². The molecule has 0 amide bonds. The lowest BCUT2D eigenvalue weighted by molar-refractivity contribution is 0.185. The molecule has 4 nitrogen and oxygen atoms in total. The van der Waals surface area contributed by atoms with E-state index in [0.29, 0.717) is 11.5 Å². The van der Waals surface area contributed by atoms with Gasteiger partial charge in [-0.05, 0) is 56.1 Å². The van der Waals surface area contributed by atoms with E-state index >= 15 is 0 Å². The van der Waals surface area contributed by atoms with Gasteiger partial charge in [0.1, 0.15) is 11.9 Å². The van der Waals surface area contributed by atoms with Crippen LogP contribution in [0, 0.1) is 17.2 Å². The van der Waals surface area contributed by atoms with Crippen molar-refractivity contribution in [2.45, 2.75) is 38.5 Å². The van der Waals surface area contributed by atoms with Gasteiger partial charge in [0.15, 0.2) is 0 Å². The summed E-state index contributed by atoms with van der Waals surface area (Å²) in [6.07, 6.45) is 6.79. The zero-order chi connectivity index (χ0) is 13.8. The summed E-state index contributed by atoms with van der Waals surface area (Å²) in [6, 6.07) is 4.30. The first-order valence-corrected chi connectivity index (χ1v) is 7.61. The molecular formula is C16H21N3O.